The lowest BCUT2D eigenvalue weighted by atomic mass is 9.98. The van der Waals surface area contributed by atoms with Crippen LogP contribution < -0.4 is 5.32 Å². The van der Waals surface area contributed by atoms with Crippen molar-refractivity contribution < 1.29 is 24.2 Å². The molecule has 1 unspecified atom stereocenters. The van der Waals surface area contributed by atoms with Crippen molar-refractivity contribution in [2.75, 3.05) is 19.0 Å². The molecule has 0 fully saturated rings. The molecule has 1 aliphatic rings. The number of aromatic amines is 1. The Labute approximate surface area is 183 Å². The van der Waals surface area contributed by atoms with Crippen molar-refractivity contribution in [3.05, 3.63) is 65.5 Å². The molecule has 1 aromatic heterocycles. The van der Waals surface area contributed by atoms with Crippen molar-refractivity contribution in [1.82, 2.24) is 20.1 Å². The van der Waals surface area contributed by atoms with Gasteiger partial charge in [0, 0.05) is 13.0 Å². The maximum atomic E-state index is 12.3. The van der Waals surface area contributed by atoms with E-state index in [2.05, 4.69) is 20.5 Å². The Bertz CT molecular complexity index is 1150. The van der Waals surface area contributed by atoms with Crippen LogP contribution in [0.15, 0.2) is 48.5 Å². The smallest absolute Gasteiger partial charge is 0.414 e. The molecule has 0 saturated heterocycles. The van der Waals surface area contributed by atoms with Crippen molar-refractivity contribution >= 4 is 23.9 Å². The summed E-state index contributed by atoms with van der Waals surface area (Å²) in [6, 6.07) is 14.9. The van der Waals surface area contributed by atoms with E-state index in [0.717, 1.165) is 27.2 Å². The molecule has 0 radical (unpaired) electrons. The number of likely N-dealkylation sites (N-methyl/N-ethyl adjacent to an activating group) is 1. The van der Waals surface area contributed by atoms with E-state index in [9.17, 15) is 14.4 Å². The molecule has 164 valence electrons. The largest absolute Gasteiger partial charge is 0.480 e. The van der Waals surface area contributed by atoms with E-state index >= 15 is 0 Å². The van der Waals surface area contributed by atoms with Crippen molar-refractivity contribution in [1.29, 1.82) is 0 Å². The molecule has 0 saturated carbocycles. The molecule has 2 aromatic carbocycles. The van der Waals surface area contributed by atoms with Crippen LogP contribution in [0.25, 0.3) is 11.1 Å². The monoisotopic (exact) mass is 435 g/mol. The molecule has 0 spiro atoms. The van der Waals surface area contributed by atoms with E-state index in [1.54, 1.807) is 0 Å². The molecule has 4 rings (SSSR count). The number of carboxylic acid groups (broad SMARTS) is 1. The van der Waals surface area contributed by atoms with E-state index in [4.69, 9.17) is 9.84 Å². The summed E-state index contributed by atoms with van der Waals surface area (Å²) in [5.41, 5.74) is 4.41. The van der Waals surface area contributed by atoms with Gasteiger partial charge in [0.05, 0.1) is 0 Å². The van der Waals surface area contributed by atoms with Crippen LogP contribution in [0.2, 0.25) is 0 Å². The molecule has 2 amide bonds. The van der Waals surface area contributed by atoms with Crippen molar-refractivity contribution in [2.45, 2.75) is 18.9 Å². The maximum Gasteiger partial charge on any atom is 0.414 e. The summed E-state index contributed by atoms with van der Waals surface area (Å²) in [6.45, 7) is 1.49. The minimum atomic E-state index is -1.16. The third kappa shape index (κ3) is 3.89. The number of amides is 2. The summed E-state index contributed by atoms with van der Waals surface area (Å²) in [6.07, 6.45) is -0.767. The number of aromatic nitrogens is 3. The van der Waals surface area contributed by atoms with Gasteiger partial charge < -0.3 is 14.7 Å². The molecular formula is C22H21N5O5. The fourth-order valence-electron chi connectivity index (χ4n) is 3.65. The number of benzene rings is 2. The molecule has 1 heterocycles. The van der Waals surface area contributed by atoms with Gasteiger partial charge in [-0.15, -0.1) is 5.10 Å². The van der Waals surface area contributed by atoms with Crippen LogP contribution in [-0.4, -0.2) is 62.9 Å². The average molecular weight is 435 g/mol. The van der Waals surface area contributed by atoms with Gasteiger partial charge in [-0.2, -0.15) is 4.98 Å². The zero-order chi connectivity index (χ0) is 22.8. The number of nitrogens with zero attached hydrogens (tertiary/aromatic N) is 3. The van der Waals surface area contributed by atoms with Crippen molar-refractivity contribution in [3.8, 4) is 11.1 Å². The Morgan fingerprint density at radius 3 is 2.31 bits per heavy atom. The first kappa shape index (κ1) is 21.0. The van der Waals surface area contributed by atoms with Gasteiger partial charge in [0.25, 0.3) is 11.9 Å². The molecular weight excluding hydrogens is 414 g/mol. The van der Waals surface area contributed by atoms with Gasteiger partial charge in [-0.05, 0) is 29.2 Å². The van der Waals surface area contributed by atoms with E-state index < -0.39 is 24.0 Å². The number of carbonyl (C=O) groups is 3. The third-order valence-corrected chi connectivity index (χ3v) is 5.50. The van der Waals surface area contributed by atoms with Crippen LogP contribution in [0.1, 0.15) is 34.6 Å². The topological polar surface area (TPSA) is 138 Å². The Morgan fingerprint density at radius 2 is 1.72 bits per heavy atom. The number of hydrogen-bond acceptors (Lipinski definition) is 6. The number of nitrogens with one attached hydrogen (secondary N) is 2. The van der Waals surface area contributed by atoms with Gasteiger partial charge in [0.15, 0.2) is 0 Å². The van der Waals surface area contributed by atoms with Crippen LogP contribution in [-0.2, 0) is 9.53 Å². The van der Waals surface area contributed by atoms with E-state index in [1.807, 2.05) is 48.5 Å². The average Bonchev–Trinajstić information content (AvgIpc) is 3.38. The number of rotatable bonds is 6. The molecule has 10 heteroatoms. The zero-order valence-corrected chi connectivity index (χ0v) is 17.4. The first-order chi connectivity index (χ1) is 15.4. The standard InChI is InChI=1S/C22H21N5O5/c1-12(20(29)30)27(2)19(28)18-23-21(26-25-18)24-22(31)32-11-17-15-9-5-3-7-13(15)14-8-4-6-10-16(14)17/h3-10,12,17H,11H2,1-2H3,(H,29,30)(H2,23,24,25,26,31). The molecule has 1 aliphatic carbocycles. The first-order valence-corrected chi connectivity index (χ1v) is 9.91. The first-order valence-electron chi connectivity index (χ1n) is 9.91. The lowest BCUT2D eigenvalue weighted by Gasteiger charge is -2.19. The Balaban J connectivity index is 1.40. The molecule has 3 N–H and O–H groups in total. The van der Waals surface area contributed by atoms with Gasteiger partial charge in [-0.25, -0.2) is 9.59 Å². The lowest BCUT2D eigenvalue weighted by Crippen LogP contribution is -2.40. The highest BCUT2D eigenvalue weighted by molar-refractivity contribution is 5.94. The predicted octanol–water partition coefficient (Wildman–Crippen LogP) is 2.71. The normalized spacial score (nSPS) is 13.1. The van der Waals surface area contributed by atoms with E-state index in [0.29, 0.717) is 0 Å². The minimum Gasteiger partial charge on any atom is -0.480 e. The number of fused-ring (bicyclic) bond motifs is 3. The van der Waals surface area contributed by atoms with E-state index in [1.165, 1.54) is 14.0 Å². The fraction of sp³-hybridized carbons (Fsp3) is 0.227. The fourth-order valence-corrected chi connectivity index (χ4v) is 3.65. The summed E-state index contributed by atoms with van der Waals surface area (Å²) in [7, 11) is 1.34. The highest BCUT2D eigenvalue weighted by Gasteiger charge is 2.29. The van der Waals surface area contributed by atoms with Crippen LogP contribution in [0, 0.1) is 0 Å². The molecule has 32 heavy (non-hydrogen) atoms. The molecule has 10 nitrogen and oxygen atoms in total. The summed E-state index contributed by atoms with van der Waals surface area (Å²) < 4.78 is 5.41. The number of H-pyrrole nitrogens is 1. The molecule has 0 bridgehead atoms. The van der Waals surface area contributed by atoms with E-state index in [-0.39, 0.29) is 24.3 Å². The third-order valence-electron chi connectivity index (χ3n) is 5.50. The highest BCUT2D eigenvalue weighted by atomic mass is 16.5. The van der Waals surface area contributed by atoms with Gasteiger partial charge >= 0.3 is 12.1 Å². The molecule has 0 aliphatic heterocycles. The van der Waals surface area contributed by atoms with Crippen LogP contribution in [0.3, 0.4) is 0 Å². The van der Waals surface area contributed by atoms with Crippen LogP contribution in [0.4, 0.5) is 10.7 Å². The minimum absolute atomic E-state index is 0.0939. The second-order valence-corrected chi connectivity index (χ2v) is 7.39. The van der Waals surface area contributed by atoms with Crippen molar-refractivity contribution in [2.24, 2.45) is 0 Å². The SMILES string of the molecule is CC(C(=O)O)N(C)C(=O)c1nc(NC(=O)OCC2c3ccccc3-c3ccccc32)n[nH]1. The molecule has 1 atom stereocenters. The zero-order valence-electron chi connectivity index (χ0n) is 17.4. The van der Waals surface area contributed by atoms with Crippen LogP contribution >= 0.6 is 0 Å². The Hall–Kier alpha value is -4.21. The predicted molar refractivity (Wildman–Crippen MR) is 114 cm³/mol. The second kappa shape index (κ2) is 8.50. The summed E-state index contributed by atoms with van der Waals surface area (Å²) in [5.74, 6) is -2.27. The lowest BCUT2D eigenvalue weighted by molar-refractivity contribution is -0.141. The summed E-state index contributed by atoms with van der Waals surface area (Å²) in [5, 5.41) is 17.6. The number of carboxylic acids is 1. The molecule has 3 aromatic rings. The summed E-state index contributed by atoms with van der Waals surface area (Å²) >= 11 is 0. The van der Waals surface area contributed by atoms with Gasteiger partial charge in [-0.3, -0.25) is 15.2 Å². The number of carbonyl (C=O) groups excluding carboxylic acids is 2. The van der Waals surface area contributed by atoms with Crippen molar-refractivity contribution in [3.63, 3.8) is 0 Å². The van der Waals surface area contributed by atoms with Gasteiger partial charge in [0.2, 0.25) is 5.82 Å². The summed E-state index contributed by atoms with van der Waals surface area (Å²) in [4.78, 5) is 40.6. The number of aliphatic carboxylic acids is 1. The highest BCUT2D eigenvalue weighted by Crippen LogP contribution is 2.44. The second-order valence-electron chi connectivity index (χ2n) is 7.39. The maximum absolute atomic E-state index is 12.3. The Kier molecular flexibility index (Phi) is 5.59. The number of hydrogen-bond donors (Lipinski definition) is 3. The van der Waals surface area contributed by atoms with Gasteiger partial charge in [0.1, 0.15) is 12.6 Å². The Morgan fingerprint density at radius 1 is 1.12 bits per heavy atom. The number of anilines is 1. The quantitative estimate of drug-likeness (QED) is 0.541. The van der Waals surface area contributed by atoms with Gasteiger partial charge in [-0.1, -0.05) is 48.5 Å². The number of ether oxygens (including phenoxy) is 1. The van der Waals surface area contributed by atoms with Crippen LogP contribution in [0.5, 0.6) is 0 Å².